The second-order valence-electron chi connectivity index (χ2n) is 4.88. The van der Waals surface area contributed by atoms with E-state index in [1.165, 1.54) is 0 Å². The smallest absolute Gasteiger partial charge is 0.215 e. The van der Waals surface area contributed by atoms with Crippen molar-refractivity contribution in [1.29, 1.82) is 0 Å². The number of rotatable bonds is 6. The predicted molar refractivity (Wildman–Crippen MR) is 71.6 cm³/mol. The average Bonchev–Trinajstić information content (AvgIpc) is 2.50. The molecule has 0 aromatic heterocycles. The summed E-state index contributed by atoms with van der Waals surface area (Å²) in [6.07, 6.45) is 5.36. The normalized spacial score (nSPS) is 23.5. The fraction of sp³-hybridized carbons (Fsp3) is 1.00. The van der Waals surface area contributed by atoms with Crippen LogP contribution in [0, 0.1) is 0 Å². The molecule has 0 spiro atoms. The fourth-order valence-electron chi connectivity index (χ4n) is 2.28. The number of hydrogen-bond donors (Lipinski definition) is 1. The highest BCUT2D eigenvalue weighted by molar-refractivity contribution is 7.89. The van der Waals surface area contributed by atoms with Gasteiger partial charge in [0.1, 0.15) is 0 Å². The van der Waals surface area contributed by atoms with Crippen LogP contribution in [0.1, 0.15) is 46.0 Å². The third-order valence-corrected chi connectivity index (χ3v) is 5.29. The van der Waals surface area contributed by atoms with Crippen molar-refractivity contribution in [3.63, 3.8) is 0 Å². The Hall–Kier alpha value is -0.130. The van der Waals surface area contributed by atoms with Crippen molar-refractivity contribution < 1.29 is 8.42 Å². The van der Waals surface area contributed by atoms with Crippen molar-refractivity contribution >= 4 is 10.0 Å². The molecule has 1 heterocycles. The molecule has 0 aromatic carbocycles. The first-order chi connectivity index (χ1) is 8.08. The van der Waals surface area contributed by atoms with Gasteiger partial charge < -0.3 is 5.32 Å². The molecule has 1 aliphatic heterocycles. The Bertz CT molecular complexity index is 304. The lowest BCUT2D eigenvalue weighted by Crippen LogP contribution is -2.41. The van der Waals surface area contributed by atoms with Crippen LogP contribution in [0.4, 0.5) is 0 Å². The molecule has 0 saturated carbocycles. The Morgan fingerprint density at radius 2 is 2.00 bits per heavy atom. The van der Waals surface area contributed by atoms with Gasteiger partial charge in [-0.25, -0.2) is 8.42 Å². The SMILES string of the molecule is CCCNCCS(=O)(=O)N1CCCCCC1C. The summed E-state index contributed by atoms with van der Waals surface area (Å²) in [5.41, 5.74) is 0. The number of nitrogens with one attached hydrogen (secondary N) is 1. The summed E-state index contributed by atoms with van der Waals surface area (Å²) in [7, 11) is -3.07. The minimum Gasteiger partial charge on any atom is -0.316 e. The van der Waals surface area contributed by atoms with Gasteiger partial charge in [-0.3, -0.25) is 0 Å². The molecule has 1 fully saturated rings. The maximum absolute atomic E-state index is 12.2. The molecule has 0 amide bonds. The van der Waals surface area contributed by atoms with Gasteiger partial charge in [0.25, 0.3) is 0 Å². The van der Waals surface area contributed by atoms with Crippen LogP contribution in [0.25, 0.3) is 0 Å². The van der Waals surface area contributed by atoms with Gasteiger partial charge in [0.15, 0.2) is 0 Å². The molecule has 1 rings (SSSR count). The van der Waals surface area contributed by atoms with E-state index in [2.05, 4.69) is 12.2 Å². The maximum atomic E-state index is 12.2. The van der Waals surface area contributed by atoms with E-state index in [-0.39, 0.29) is 11.8 Å². The minimum absolute atomic E-state index is 0.175. The molecule has 17 heavy (non-hydrogen) atoms. The van der Waals surface area contributed by atoms with Gasteiger partial charge in [-0.2, -0.15) is 4.31 Å². The highest BCUT2D eigenvalue weighted by Crippen LogP contribution is 2.19. The Kier molecular flexibility index (Phi) is 6.44. The van der Waals surface area contributed by atoms with E-state index in [9.17, 15) is 8.42 Å². The standard InChI is InChI=1S/C12H26N2O2S/c1-3-8-13-9-11-17(15,16)14-10-6-4-5-7-12(14)2/h12-13H,3-11H2,1-2H3. The summed E-state index contributed by atoms with van der Waals surface area (Å²) in [5.74, 6) is 0.233. The van der Waals surface area contributed by atoms with Crippen LogP contribution in [0.15, 0.2) is 0 Å². The average molecular weight is 262 g/mol. The second-order valence-corrected chi connectivity index (χ2v) is 6.92. The van der Waals surface area contributed by atoms with Crippen molar-refractivity contribution in [1.82, 2.24) is 9.62 Å². The summed E-state index contributed by atoms with van der Waals surface area (Å²) < 4.78 is 26.1. The third kappa shape index (κ3) is 4.94. The number of sulfonamides is 1. The summed E-state index contributed by atoms with van der Waals surface area (Å²) in [5, 5.41) is 3.15. The molecule has 4 nitrogen and oxygen atoms in total. The summed E-state index contributed by atoms with van der Waals surface area (Å²) in [6.45, 7) is 6.28. The van der Waals surface area contributed by atoms with Crippen molar-refractivity contribution in [2.45, 2.75) is 52.0 Å². The second kappa shape index (κ2) is 7.34. The van der Waals surface area contributed by atoms with Crippen LogP contribution in [-0.4, -0.2) is 44.2 Å². The van der Waals surface area contributed by atoms with Crippen LogP contribution >= 0.6 is 0 Å². The summed E-state index contributed by atoms with van der Waals surface area (Å²) in [4.78, 5) is 0. The van der Waals surface area contributed by atoms with Gasteiger partial charge >= 0.3 is 0 Å². The molecule has 0 bridgehead atoms. The topological polar surface area (TPSA) is 49.4 Å². The third-order valence-electron chi connectivity index (χ3n) is 3.31. The summed E-state index contributed by atoms with van der Waals surface area (Å²) in [6, 6.07) is 0.175. The van der Waals surface area contributed by atoms with Crippen molar-refractivity contribution in [2.75, 3.05) is 25.4 Å². The van der Waals surface area contributed by atoms with Gasteiger partial charge in [0.2, 0.25) is 10.0 Å². The lowest BCUT2D eigenvalue weighted by molar-refractivity contribution is 0.342. The van der Waals surface area contributed by atoms with E-state index in [4.69, 9.17) is 0 Å². The van der Waals surface area contributed by atoms with Crippen LogP contribution in [0.3, 0.4) is 0 Å². The fourth-order valence-corrected chi connectivity index (χ4v) is 3.98. The Balaban J connectivity index is 2.49. The van der Waals surface area contributed by atoms with E-state index in [0.717, 1.165) is 38.6 Å². The van der Waals surface area contributed by atoms with E-state index < -0.39 is 10.0 Å². The Morgan fingerprint density at radius 1 is 1.24 bits per heavy atom. The molecular weight excluding hydrogens is 236 g/mol. The minimum atomic E-state index is -3.07. The Morgan fingerprint density at radius 3 is 2.71 bits per heavy atom. The first-order valence-corrected chi connectivity index (χ1v) is 8.39. The molecule has 0 radical (unpaired) electrons. The molecule has 1 aliphatic rings. The predicted octanol–water partition coefficient (Wildman–Crippen LogP) is 1.58. The van der Waals surface area contributed by atoms with Gasteiger partial charge in [0.05, 0.1) is 5.75 Å². The lowest BCUT2D eigenvalue weighted by atomic mass is 10.1. The monoisotopic (exact) mass is 262 g/mol. The quantitative estimate of drug-likeness (QED) is 0.739. The molecule has 5 heteroatoms. The van der Waals surface area contributed by atoms with Crippen LogP contribution < -0.4 is 5.32 Å². The van der Waals surface area contributed by atoms with Crippen LogP contribution in [0.2, 0.25) is 0 Å². The zero-order valence-corrected chi connectivity index (χ0v) is 11.9. The first-order valence-electron chi connectivity index (χ1n) is 6.78. The maximum Gasteiger partial charge on any atom is 0.215 e. The van der Waals surface area contributed by atoms with Gasteiger partial charge in [0, 0.05) is 19.1 Å². The van der Waals surface area contributed by atoms with Gasteiger partial charge in [-0.1, -0.05) is 19.8 Å². The molecule has 1 atom stereocenters. The first kappa shape index (κ1) is 14.9. The number of hydrogen-bond acceptors (Lipinski definition) is 3. The van der Waals surface area contributed by atoms with E-state index in [1.54, 1.807) is 4.31 Å². The molecular formula is C12H26N2O2S. The van der Waals surface area contributed by atoms with Gasteiger partial charge in [-0.05, 0) is 32.7 Å². The van der Waals surface area contributed by atoms with Gasteiger partial charge in [-0.15, -0.1) is 0 Å². The van der Waals surface area contributed by atoms with E-state index in [0.29, 0.717) is 13.1 Å². The van der Waals surface area contributed by atoms with Crippen molar-refractivity contribution in [3.05, 3.63) is 0 Å². The van der Waals surface area contributed by atoms with Crippen molar-refractivity contribution in [2.24, 2.45) is 0 Å². The lowest BCUT2D eigenvalue weighted by Gasteiger charge is -2.26. The van der Waals surface area contributed by atoms with E-state index >= 15 is 0 Å². The molecule has 1 N–H and O–H groups in total. The zero-order valence-electron chi connectivity index (χ0n) is 11.1. The number of nitrogens with zero attached hydrogens (tertiary/aromatic N) is 1. The Labute approximate surface area is 106 Å². The molecule has 0 aliphatic carbocycles. The van der Waals surface area contributed by atoms with Crippen LogP contribution in [-0.2, 0) is 10.0 Å². The van der Waals surface area contributed by atoms with Crippen LogP contribution in [0.5, 0.6) is 0 Å². The zero-order chi connectivity index (χ0) is 12.7. The summed E-state index contributed by atoms with van der Waals surface area (Å²) >= 11 is 0. The highest BCUT2D eigenvalue weighted by Gasteiger charge is 2.27. The molecule has 0 aromatic rings. The highest BCUT2D eigenvalue weighted by atomic mass is 32.2. The molecule has 1 saturated heterocycles. The van der Waals surface area contributed by atoms with E-state index in [1.807, 2.05) is 6.92 Å². The van der Waals surface area contributed by atoms with Crippen molar-refractivity contribution in [3.8, 4) is 0 Å². The molecule has 1 unspecified atom stereocenters. The molecule has 102 valence electrons. The largest absolute Gasteiger partial charge is 0.316 e.